The van der Waals surface area contributed by atoms with Crippen molar-refractivity contribution in [3.8, 4) is 22.5 Å². The summed E-state index contributed by atoms with van der Waals surface area (Å²) in [6.45, 7) is 4.96. The topological polar surface area (TPSA) is 69.9 Å². The van der Waals surface area contributed by atoms with E-state index in [0.29, 0.717) is 12.2 Å². The monoisotopic (exact) mass is 474 g/mol. The number of hydrogen-bond acceptors (Lipinski definition) is 5. The largest absolute Gasteiger partial charge is 0.462 e. The van der Waals surface area contributed by atoms with E-state index in [1.54, 1.807) is 0 Å². The fourth-order valence-electron chi connectivity index (χ4n) is 5.14. The second kappa shape index (κ2) is 9.04. The summed E-state index contributed by atoms with van der Waals surface area (Å²) in [5.41, 5.74) is 8.92. The first-order valence-electron chi connectivity index (χ1n) is 12.3. The van der Waals surface area contributed by atoms with Crippen molar-refractivity contribution in [2.75, 3.05) is 6.61 Å². The van der Waals surface area contributed by atoms with Crippen molar-refractivity contribution in [1.29, 1.82) is 0 Å². The van der Waals surface area contributed by atoms with Crippen LogP contribution in [-0.2, 0) is 17.7 Å². The van der Waals surface area contributed by atoms with E-state index in [4.69, 9.17) is 14.8 Å². The molecule has 36 heavy (non-hydrogen) atoms. The van der Waals surface area contributed by atoms with Crippen LogP contribution in [0.4, 0.5) is 0 Å². The zero-order chi connectivity index (χ0) is 24.6. The molecule has 1 atom stereocenters. The first-order valence-corrected chi connectivity index (χ1v) is 12.3. The Bertz CT molecular complexity index is 1580. The molecule has 0 saturated carbocycles. The van der Waals surface area contributed by atoms with Crippen molar-refractivity contribution in [2.45, 2.75) is 32.7 Å². The zero-order valence-corrected chi connectivity index (χ0v) is 20.3. The molecule has 3 aromatic heterocycles. The highest BCUT2D eigenvalue weighted by Crippen LogP contribution is 2.42. The number of nitrogens with zero attached hydrogens (tertiary/aromatic N) is 4. The van der Waals surface area contributed by atoms with E-state index in [0.717, 1.165) is 52.1 Å². The maximum absolute atomic E-state index is 12.1. The maximum atomic E-state index is 12.1. The molecule has 0 aliphatic carbocycles. The van der Waals surface area contributed by atoms with Crippen molar-refractivity contribution >= 4 is 16.9 Å². The average Bonchev–Trinajstić information content (AvgIpc) is 3.47. The minimum atomic E-state index is -0.287. The third-order valence-corrected chi connectivity index (χ3v) is 6.83. The number of aromatic nitrogens is 4. The summed E-state index contributed by atoms with van der Waals surface area (Å²) in [5.74, 6) is -0.0133. The van der Waals surface area contributed by atoms with Gasteiger partial charge >= 0.3 is 5.97 Å². The molecule has 0 spiro atoms. The van der Waals surface area contributed by atoms with Crippen molar-refractivity contribution in [3.05, 3.63) is 102 Å². The van der Waals surface area contributed by atoms with Gasteiger partial charge in [0.2, 0.25) is 0 Å². The smallest absolute Gasteiger partial charge is 0.338 e. The summed E-state index contributed by atoms with van der Waals surface area (Å²) < 4.78 is 7.26. The van der Waals surface area contributed by atoms with E-state index in [-0.39, 0.29) is 11.9 Å². The zero-order valence-electron chi connectivity index (χ0n) is 20.3. The first-order chi connectivity index (χ1) is 17.6. The molecule has 0 bridgehead atoms. The number of pyridine rings is 2. The highest BCUT2D eigenvalue weighted by Gasteiger charge is 2.31. The molecular formula is C30H26N4O2. The summed E-state index contributed by atoms with van der Waals surface area (Å²) in [5, 5.41) is 6.19. The summed E-state index contributed by atoms with van der Waals surface area (Å²) in [6, 6.07) is 24.2. The van der Waals surface area contributed by atoms with Gasteiger partial charge in [-0.2, -0.15) is 5.10 Å². The summed E-state index contributed by atoms with van der Waals surface area (Å²) in [4.78, 5) is 21.5. The Morgan fingerprint density at radius 1 is 1.03 bits per heavy atom. The molecule has 1 unspecified atom stereocenters. The van der Waals surface area contributed by atoms with Gasteiger partial charge in [0.15, 0.2) is 0 Å². The van der Waals surface area contributed by atoms with Crippen LogP contribution in [0.1, 0.15) is 40.2 Å². The Labute approximate surface area is 209 Å². The molecule has 0 amide bonds. The van der Waals surface area contributed by atoms with E-state index < -0.39 is 0 Å². The number of esters is 1. The second-order valence-corrected chi connectivity index (χ2v) is 9.14. The second-order valence-electron chi connectivity index (χ2n) is 9.14. The van der Waals surface area contributed by atoms with Gasteiger partial charge in [-0.25, -0.2) is 4.79 Å². The number of rotatable bonds is 5. The lowest BCUT2D eigenvalue weighted by Gasteiger charge is -2.12. The Kier molecular flexibility index (Phi) is 5.56. The number of ether oxygens (including phenoxy) is 1. The molecule has 1 aliphatic rings. The minimum Gasteiger partial charge on any atom is -0.462 e. The van der Waals surface area contributed by atoms with E-state index in [2.05, 4.69) is 27.9 Å². The van der Waals surface area contributed by atoms with Crippen LogP contribution in [0.3, 0.4) is 0 Å². The highest BCUT2D eigenvalue weighted by atomic mass is 16.5. The number of aryl methyl sites for hydroxylation is 1. The molecule has 0 N–H and O–H groups in total. The summed E-state index contributed by atoms with van der Waals surface area (Å²) >= 11 is 0. The normalized spacial score (nSPS) is 14.7. The van der Waals surface area contributed by atoms with Crippen LogP contribution in [0.5, 0.6) is 0 Å². The van der Waals surface area contributed by atoms with Gasteiger partial charge in [-0.05, 0) is 67.8 Å². The highest BCUT2D eigenvalue weighted by molar-refractivity contribution is 5.98. The lowest BCUT2D eigenvalue weighted by Crippen LogP contribution is -2.06. The van der Waals surface area contributed by atoms with Crippen LogP contribution < -0.4 is 0 Å². The number of carbonyl (C=O) groups is 1. The Hall–Kier alpha value is -4.32. The van der Waals surface area contributed by atoms with Crippen LogP contribution in [0.2, 0.25) is 0 Å². The van der Waals surface area contributed by atoms with Crippen LogP contribution in [-0.4, -0.2) is 32.3 Å². The number of carbonyl (C=O) groups excluding carboxylic acids is 1. The van der Waals surface area contributed by atoms with Gasteiger partial charge < -0.3 is 4.74 Å². The van der Waals surface area contributed by atoms with Gasteiger partial charge in [0.05, 0.1) is 23.4 Å². The molecular weight excluding hydrogens is 448 g/mol. The first kappa shape index (κ1) is 22.2. The van der Waals surface area contributed by atoms with Crippen molar-refractivity contribution < 1.29 is 9.53 Å². The van der Waals surface area contributed by atoms with Gasteiger partial charge in [0.1, 0.15) is 5.69 Å². The molecule has 0 saturated heterocycles. The van der Waals surface area contributed by atoms with E-state index >= 15 is 0 Å². The van der Waals surface area contributed by atoms with Gasteiger partial charge in [-0.1, -0.05) is 36.4 Å². The number of para-hydroxylation sites is 1. The number of hydrogen-bond donors (Lipinski definition) is 0. The molecule has 0 fully saturated rings. The third-order valence-electron chi connectivity index (χ3n) is 6.83. The predicted octanol–water partition coefficient (Wildman–Crippen LogP) is 5.99. The number of benzene rings is 2. The fraction of sp³-hybridized carbons (Fsp3) is 0.200. The average molecular weight is 475 g/mol. The summed E-state index contributed by atoms with van der Waals surface area (Å²) in [6.07, 6.45) is 2.72. The molecule has 0 radical (unpaired) electrons. The Balaban J connectivity index is 1.44. The molecule has 178 valence electrons. The van der Waals surface area contributed by atoms with Crippen molar-refractivity contribution in [2.24, 2.45) is 0 Å². The van der Waals surface area contributed by atoms with Gasteiger partial charge in [0, 0.05) is 41.0 Å². The van der Waals surface area contributed by atoms with Crippen LogP contribution >= 0.6 is 0 Å². The van der Waals surface area contributed by atoms with Gasteiger partial charge in [-0.15, -0.1) is 0 Å². The Morgan fingerprint density at radius 3 is 2.67 bits per heavy atom. The number of fused-ring (bicyclic) bond motifs is 2. The SMILES string of the molecule is CCOC(=O)c1ccc(C2Cc3c(-c4ccnc5ccccc45)c(-c4cccc(C)n4)nn3C2)cc1. The molecule has 5 aromatic rings. The van der Waals surface area contributed by atoms with E-state index in [9.17, 15) is 4.79 Å². The van der Waals surface area contributed by atoms with E-state index in [1.807, 2.05) is 74.6 Å². The molecule has 1 aliphatic heterocycles. The Morgan fingerprint density at radius 2 is 1.86 bits per heavy atom. The fourth-order valence-corrected chi connectivity index (χ4v) is 5.14. The standard InChI is InChI=1S/C30H26N4O2/c1-3-36-30(35)21-13-11-20(12-14-21)22-17-27-28(24-15-16-31-25-9-5-4-8-23(24)25)29(33-34(27)18-22)26-10-6-7-19(2)32-26/h4-16,22H,3,17-18H2,1-2H3. The van der Waals surface area contributed by atoms with Crippen LogP contribution in [0.25, 0.3) is 33.4 Å². The van der Waals surface area contributed by atoms with E-state index in [1.165, 1.54) is 11.3 Å². The molecule has 6 nitrogen and oxygen atoms in total. The van der Waals surface area contributed by atoms with Crippen LogP contribution in [0, 0.1) is 6.92 Å². The minimum absolute atomic E-state index is 0.273. The third kappa shape index (κ3) is 3.85. The molecule has 6 heteroatoms. The molecule has 6 rings (SSSR count). The lowest BCUT2D eigenvalue weighted by molar-refractivity contribution is 0.0526. The van der Waals surface area contributed by atoms with Crippen molar-refractivity contribution in [1.82, 2.24) is 19.7 Å². The summed E-state index contributed by atoms with van der Waals surface area (Å²) in [7, 11) is 0. The molecule has 2 aromatic carbocycles. The van der Waals surface area contributed by atoms with Gasteiger partial charge in [0.25, 0.3) is 0 Å². The molecule has 4 heterocycles. The van der Waals surface area contributed by atoms with Gasteiger partial charge in [-0.3, -0.25) is 14.6 Å². The van der Waals surface area contributed by atoms with Crippen molar-refractivity contribution in [3.63, 3.8) is 0 Å². The van der Waals surface area contributed by atoms with Crippen LogP contribution in [0.15, 0.2) is 79.0 Å². The quantitative estimate of drug-likeness (QED) is 0.293. The lowest BCUT2D eigenvalue weighted by atomic mass is 9.92. The predicted molar refractivity (Wildman–Crippen MR) is 140 cm³/mol. The maximum Gasteiger partial charge on any atom is 0.338 e.